The number of fused-ring (bicyclic) bond motifs is 1. The molecule has 0 fully saturated rings. The Morgan fingerprint density at radius 1 is 1.06 bits per heavy atom. The van der Waals surface area contributed by atoms with Crippen molar-refractivity contribution in [3.63, 3.8) is 0 Å². The number of hydrogen-bond acceptors (Lipinski definition) is 3. The summed E-state index contributed by atoms with van der Waals surface area (Å²) in [5, 5.41) is 9.68. The van der Waals surface area contributed by atoms with Gasteiger partial charge in [-0.1, -0.05) is 13.8 Å². The van der Waals surface area contributed by atoms with Crippen LogP contribution in [0.2, 0.25) is 0 Å². The molecule has 0 bridgehead atoms. The first-order valence-corrected chi connectivity index (χ1v) is 9.50. The number of amides is 2. The van der Waals surface area contributed by atoms with E-state index in [2.05, 4.69) is 25.7 Å². The third-order valence-corrected chi connectivity index (χ3v) is 4.66. The minimum absolute atomic E-state index is 0.233. The summed E-state index contributed by atoms with van der Waals surface area (Å²) in [4.78, 5) is 19.9. The molecule has 160 valence electrons. The number of pyridine rings is 1. The lowest BCUT2D eigenvalue weighted by Crippen LogP contribution is -2.19. The minimum atomic E-state index is -4.43. The van der Waals surface area contributed by atoms with Gasteiger partial charge in [0.1, 0.15) is 5.52 Å². The van der Waals surface area contributed by atoms with Gasteiger partial charge in [-0.15, -0.1) is 0 Å². The molecule has 0 radical (unpaired) electrons. The van der Waals surface area contributed by atoms with Crippen LogP contribution < -0.4 is 10.6 Å². The van der Waals surface area contributed by atoms with Gasteiger partial charge < -0.3 is 15.6 Å². The van der Waals surface area contributed by atoms with Gasteiger partial charge in [-0.25, -0.2) is 14.5 Å². The van der Waals surface area contributed by atoms with Crippen LogP contribution in [0.1, 0.15) is 31.0 Å². The second kappa shape index (κ2) is 7.78. The van der Waals surface area contributed by atoms with Crippen LogP contribution >= 0.6 is 0 Å². The van der Waals surface area contributed by atoms with E-state index in [-0.39, 0.29) is 11.6 Å². The maximum Gasteiger partial charge on any atom is 0.416 e. The first-order chi connectivity index (χ1) is 14.7. The second-order valence-electron chi connectivity index (χ2n) is 7.26. The number of carbonyl (C=O) groups is 1. The van der Waals surface area contributed by atoms with Gasteiger partial charge in [0.15, 0.2) is 5.82 Å². The summed E-state index contributed by atoms with van der Waals surface area (Å²) in [5.41, 5.74) is 2.05. The van der Waals surface area contributed by atoms with Crippen molar-refractivity contribution in [1.29, 1.82) is 0 Å². The summed E-state index contributed by atoms with van der Waals surface area (Å²) < 4.78 is 39.6. The Kier molecular flexibility index (Phi) is 5.14. The zero-order chi connectivity index (χ0) is 22.2. The van der Waals surface area contributed by atoms with E-state index < -0.39 is 17.8 Å². The summed E-state index contributed by atoms with van der Waals surface area (Å²) in [7, 11) is 0. The van der Waals surface area contributed by atoms with Crippen LogP contribution in [0.15, 0.2) is 54.9 Å². The molecule has 31 heavy (non-hydrogen) atoms. The lowest BCUT2D eigenvalue weighted by atomic mass is 10.1. The number of hydrogen-bond donors (Lipinski definition) is 3. The fourth-order valence-corrected chi connectivity index (χ4v) is 3.01. The van der Waals surface area contributed by atoms with Crippen molar-refractivity contribution in [3.8, 4) is 5.82 Å². The van der Waals surface area contributed by atoms with E-state index in [0.29, 0.717) is 22.5 Å². The van der Waals surface area contributed by atoms with Crippen LogP contribution in [0, 0.1) is 0 Å². The Bertz CT molecular complexity index is 1220. The molecule has 0 unspecified atom stereocenters. The number of benzene rings is 1. The van der Waals surface area contributed by atoms with E-state index in [4.69, 9.17) is 0 Å². The van der Waals surface area contributed by atoms with Crippen molar-refractivity contribution in [3.05, 3.63) is 66.1 Å². The number of H-pyrrole nitrogens is 1. The SMILES string of the molecule is CC(C)c1ccn(-c2ccc3[nH]cc(NC(=O)Nc4ccc(C(F)(F)F)cc4)c3n2)n1. The van der Waals surface area contributed by atoms with Crippen molar-refractivity contribution in [1.82, 2.24) is 19.7 Å². The molecule has 10 heteroatoms. The van der Waals surface area contributed by atoms with Gasteiger partial charge in [-0.3, -0.25) is 0 Å². The Hall–Kier alpha value is -3.82. The number of anilines is 2. The maximum absolute atomic E-state index is 12.7. The third kappa shape index (κ3) is 4.37. The van der Waals surface area contributed by atoms with Gasteiger partial charge in [-0.05, 0) is 48.4 Å². The summed E-state index contributed by atoms with van der Waals surface area (Å²) in [6.07, 6.45) is -1.02. The molecule has 3 heterocycles. The third-order valence-electron chi connectivity index (χ3n) is 4.66. The number of rotatable bonds is 4. The normalized spacial score (nSPS) is 11.8. The zero-order valence-corrected chi connectivity index (χ0v) is 16.7. The zero-order valence-electron chi connectivity index (χ0n) is 16.7. The molecule has 0 saturated heterocycles. The van der Waals surface area contributed by atoms with Crippen LogP contribution in [0.25, 0.3) is 16.9 Å². The molecule has 4 rings (SSSR count). The number of aromatic nitrogens is 4. The predicted octanol–water partition coefficient (Wildman–Crippen LogP) is 5.53. The highest BCUT2D eigenvalue weighted by Gasteiger charge is 2.30. The predicted molar refractivity (Wildman–Crippen MR) is 111 cm³/mol. The van der Waals surface area contributed by atoms with Gasteiger partial charge in [-0.2, -0.15) is 18.3 Å². The molecular formula is C21H19F3N6O. The molecule has 0 spiro atoms. The minimum Gasteiger partial charge on any atom is -0.358 e. The summed E-state index contributed by atoms with van der Waals surface area (Å²) in [5.74, 6) is 0.869. The first-order valence-electron chi connectivity index (χ1n) is 9.50. The van der Waals surface area contributed by atoms with Crippen LogP contribution in [0.5, 0.6) is 0 Å². The summed E-state index contributed by atoms with van der Waals surface area (Å²) in [6, 6.07) is 9.15. The van der Waals surface area contributed by atoms with E-state index in [0.717, 1.165) is 17.8 Å². The van der Waals surface area contributed by atoms with Gasteiger partial charge in [0.25, 0.3) is 0 Å². The van der Waals surface area contributed by atoms with Crippen LogP contribution in [0.3, 0.4) is 0 Å². The van der Waals surface area contributed by atoms with Gasteiger partial charge in [0.05, 0.1) is 22.5 Å². The van der Waals surface area contributed by atoms with Crippen LogP contribution in [-0.2, 0) is 6.18 Å². The monoisotopic (exact) mass is 428 g/mol. The average Bonchev–Trinajstić information content (AvgIpc) is 3.35. The number of carbonyl (C=O) groups excluding carboxylic acids is 1. The van der Waals surface area contributed by atoms with Crippen LogP contribution in [0.4, 0.5) is 29.3 Å². The summed E-state index contributed by atoms with van der Waals surface area (Å²) in [6.45, 7) is 4.10. The van der Waals surface area contributed by atoms with Crippen molar-refractivity contribution in [2.24, 2.45) is 0 Å². The largest absolute Gasteiger partial charge is 0.416 e. The number of halogens is 3. The van der Waals surface area contributed by atoms with E-state index >= 15 is 0 Å². The standard InChI is InChI=1S/C21H19F3N6O/c1-12(2)15-9-10-30(29-15)18-8-7-16-19(28-18)17(11-25-16)27-20(31)26-14-5-3-13(4-6-14)21(22,23)24/h3-12,25H,1-2H3,(H2,26,27,31). The fraction of sp³-hybridized carbons (Fsp3) is 0.190. The number of alkyl halides is 3. The first kappa shape index (κ1) is 20.5. The van der Waals surface area contributed by atoms with Crippen molar-refractivity contribution in [2.75, 3.05) is 10.6 Å². The molecule has 0 saturated carbocycles. The molecular weight excluding hydrogens is 409 g/mol. The van der Waals surface area contributed by atoms with Crippen molar-refractivity contribution in [2.45, 2.75) is 25.9 Å². The Morgan fingerprint density at radius 2 is 1.81 bits per heavy atom. The van der Waals surface area contributed by atoms with E-state index in [1.54, 1.807) is 10.9 Å². The number of nitrogens with zero attached hydrogens (tertiary/aromatic N) is 3. The molecule has 0 aliphatic rings. The lowest BCUT2D eigenvalue weighted by molar-refractivity contribution is -0.137. The van der Waals surface area contributed by atoms with Crippen molar-refractivity contribution < 1.29 is 18.0 Å². The van der Waals surface area contributed by atoms with Gasteiger partial charge >= 0.3 is 12.2 Å². The highest BCUT2D eigenvalue weighted by Crippen LogP contribution is 2.30. The highest BCUT2D eigenvalue weighted by molar-refractivity contribution is 6.04. The molecule has 2 amide bonds. The van der Waals surface area contributed by atoms with Gasteiger partial charge in [0.2, 0.25) is 0 Å². The maximum atomic E-state index is 12.7. The molecule has 3 N–H and O–H groups in total. The van der Waals surface area contributed by atoms with E-state index in [1.807, 2.05) is 38.2 Å². The lowest BCUT2D eigenvalue weighted by Gasteiger charge is -2.09. The number of urea groups is 1. The fourth-order valence-electron chi connectivity index (χ4n) is 3.01. The number of nitrogens with one attached hydrogen (secondary N) is 3. The second-order valence-corrected chi connectivity index (χ2v) is 7.26. The Labute approximate surface area is 175 Å². The van der Waals surface area contributed by atoms with Crippen LogP contribution in [-0.4, -0.2) is 25.8 Å². The smallest absolute Gasteiger partial charge is 0.358 e. The molecule has 0 atom stereocenters. The van der Waals surface area contributed by atoms with Gasteiger partial charge in [0, 0.05) is 18.1 Å². The average molecular weight is 428 g/mol. The Morgan fingerprint density at radius 3 is 2.45 bits per heavy atom. The Balaban J connectivity index is 1.52. The molecule has 7 nitrogen and oxygen atoms in total. The molecule has 0 aliphatic carbocycles. The molecule has 3 aromatic heterocycles. The highest BCUT2D eigenvalue weighted by atomic mass is 19.4. The van der Waals surface area contributed by atoms with E-state index in [1.165, 1.54) is 12.1 Å². The number of aromatic amines is 1. The quantitative estimate of drug-likeness (QED) is 0.399. The topological polar surface area (TPSA) is 87.6 Å². The van der Waals surface area contributed by atoms with Crippen molar-refractivity contribution >= 4 is 28.4 Å². The molecule has 1 aromatic carbocycles. The summed E-state index contributed by atoms with van der Waals surface area (Å²) >= 11 is 0. The molecule has 0 aliphatic heterocycles. The molecule has 4 aromatic rings. The van der Waals surface area contributed by atoms with E-state index in [9.17, 15) is 18.0 Å².